The molecule has 0 fully saturated rings. The highest BCUT2D eigenvalue weighted by molar-refractivity contribution is 5.25. The van der Waals surface area contributed by atoms with E-state index < -0.39 is 22.3 Å². The summed E-state index contributed by atoms with van der Waals surface area (Å²) in [7, 11) is 0. The van der Waals surface area contributed by atoms with Gasteiger partial charge in [-0.3, -0.25) is 14.9 Å². The molecule has 1 heterocycles. The summed E-state index contributed by atoms with van der Waals surface area (Å²) in [5, 5.41) is 23.3. The number of aliphatic hydroxyl groups excluding tert-OH is 1. The Balaban J connectivity index is 2.76. The monoisotopic (exact) mass is 255 g/mol. The van der Waals surface area contributed by atoms with Crippen molar-refractivity contribution in [2.75, 3.05) is 6.54 Å². The van der Waals surface area contributed by atoms with E-state index in [2.05, 4.69) is 5.32 Å². The van der Waals surface area contributed by atoms with Crippen LogP contribution in [0, 0.1) is 10.1 Å². The van der Waals surface area contributed by atoms with Crippen LogP contribution in [0.4, 0.5) is 5.69 Å². The number of nitro groups is 1. The van der Waals surface area contributed by atoms with Gasteiger partial charge in [0, 0.05) is 24.8 Å². The fourth-order valence-corrected chi connectivity index (χ4v) is 1.47. The van der Waals surface area contributed by atoms with Crippen molar-refractivity contribution < 1.29 is 10.0 Å². The number of pyridine rings is 1. The van der Waals surface area contributed by atoms with Crippen molar-refractivity contribution in [2.24, 2.45) is 0 Å². The molecular weight excluding hydrogens is 238 g/mol. The Labute approximate surface area is 104 Å². The third-order valence-electron chi connectivity index (χ3n) is 2.37. The standard InChI is InChI=1S/C11H17N3O4/c1-8(2)12-6-9(15)7-13-5-3-4-10(11(13)16)14(17)18/h3-5,8-9,12,15H,6-7H2,1-2H3. The highest BCUT2D eigenvalue weighted by atomic mass is 16.6. The van der Waals surface area contributed by atoms with Crippen molar-refractivity contribution in [3.63, 3.8) is 0 Å². The van der Waals surface area contributed by atoms with E-state index in [0.29, 0.717) is 6.54 Å². The Kier molecular flexibility index (Phi) is 4.99. The minimum absolute atomic E-state index is 0.0280. The fourth-order valence-electron chi connectivity index (χ4n) is 1.47. The number of hydrogen-bond acceptors (Lipinski definition) is 5. The van der Waals surface area contributed by atoms with E-state index in [1.165, 1.54) is 12.3 Å². The summed E-state index contributed by atoms with van der Waals surface area (Å²) < 4.78 is 1.14. The summed E-state index contributed by atoms with van der Waals surface area (Å²) in [6.07, 6.45) is 0.653. The number of nitrogens with one attached hydrogen (secondary N) is 1. The van der Waals surface area contributed by atoms with Gasteiger partial charge in [-0.15, -0.1) is 0 Å². The van der Waals surface area contributed by atoms with Crippen molar-refractivity contribution in [3.05, 3.63) is 38.8 Å². The fraction of sp³-hybridized carbons (Fsp3) is 0.545. The zero-order chi connectivity index (χ0) is 13.7. The summed E-state index contributed by atoms with van der Waals surface area (Å²) in [4.78, 5) is 21.5. The molecule has 7 heteroatoms. The largest absolute Gasteiger partial charge is 0.390 e. The average molecular weight is 255 g/mol. The molecule has 0 radical (unpaired) electrons. The summed E-state index contributed by atoms with van der Waals surface area (Å²) in [6, 6.07) is 2.79. The molecule has 1 atom stereocenters. The Morgan fingerprint density at radius 1 is 1.56 bits per heavy atom. The van der Waals surface area contributed by atoms with Gasteiger partial charge in [0.1, 0.15) is 0 Å². The zero-order valence-electron chi connectivity index (χ0n) is 10.4. The highest BCUT2D eigenvalue weighted by Gasteiger charge is 2.15. The molecule has 1 aromatic rings. The maximum absolute atomic E-state index is 11.7. The Morgan fingerprint density at radius 2 is 2.22 bits per heavy atom. The number of aromatic nitrogens is 1. The van der Waals surface area contributed by atoms with Crippen molar-refractivity contribution in [1.82, 2.24) is 9.88 Å². The van der Waals surface area contributed by atoms with E-state index in [-0.39, 0.29) is 12.6 Å². The molecule has 1 aromatic heterocycles. The van der Waals surface area contributed by atoms with Crippen LogP contribution in [-0.2, 0) is 6.54 Å². The van der Waals surface area contributed by atoms with Crippen molar-refractivity contribution in [1.29, 1.82) is 0 Å². The van der Waals surface area contributed by atoms with E-state index in [9.17, 15) is 20.0 Å². The van der Waals surface area contributed by atoms with Crippen LogP contribution in [0.3, 0.4) is 0 Å². The van der Waals surface area contributed by atoms with Crippen LogP contribution in [0.25, 0.3) is 0 Å². The second-order valence-corrected chi connectivity index (χ2v) is 4.32. The molecule has 0 spiro atoms. The first-order chi connectivity index (χ1) is 8.41. The highest BCUT2D eigenvalue weighted by Crippen LogP contribution is 2.02. The van der Waals surface area contributed by atoms with E-state index in [1.54, 1.807) is 0 Å². The first-order valence-electron chi connectivity index (χ1n) is 5.67. The number of hydrogen-bond donors (Lipinski definition) is 2. The van der Waals surface area contributed by atoms with Crippen LogP contribution in [0.2, 0.25) is 0 Å². The van der Waals surface area contributed by atoms with Crippen LogP contribution >= 0.6 is 0 Å². The molecule has 7 nitrogen and oxygen atoms in total. The predicted molar refractivity (Wildman–Crippen MR) is 66.5 cm³/mol. The maximum Gasteiger partial charge on any atom is 0.334 e. The Bertz CT molecular complexity index is 470. The molecule has 0 aliphatic heterocycles. The predicted octanol–water partition coefficient (Wildman–Crippen LogP) is 0.115. The lowest BCUT2D eigenvalue weighted by atomic mass is 10.3. The van der Waals surface area contributed by atoms with Gasteiger partial charge in [0.25, 0.3) is 0 Å². The summed E-state index contributed by atoms with van der Waals surface area (Å²) in [5.41, 5.74) is -1.19. The molecule has 0 aromatic carbocycles. The lowest BCUT2D eigenvalue weighted by Gasteiger charge is -2.15. The van der Waals surface area contributed by atoms with Gasteiger partial charge in [0.05, 0.1) is 17.6 Å². The molecular formula is C11H17N3O4. The first-order valence-corrected chi connectivity index (χ1v) is 5.67. The van der Waals surface area contributed by atoms with Crippen LogP contribution in [0.1, 0.15) is 13.8 Å². The Hall–Kier alpha value is -1.73. The van der Waals surface area contributed by atoms with E-state index >= 15 is 0 Å². The molecule has 0 aliphatic carbocycles. The van der Waals surface area contributed by atoms with Crippen molar-refractivity contribution >= 4 is 5.69 Å². The van der Waals surface area contributed by atoms with Gasteiger partial charge in [-0.25, -0.2) is 0 Å². The van der Waals surface area contributed by atoms with Crippen LogP contribution in [0.15, 0.2) is 23.1 Å². The molecule has 2 N–H and O–H groups in total. The third kappa shape index (κ3) is 3.94. The normalized spacial score (nSPS) is 12.7. The second kappa shape index (κ2) is 6.27. The minimum atomic E-state index is -0.771. The van der Waals surface area contributed by atoms with Gasteiger partial charge in [0.2, 0.25) is 0 Å². The average Bonchev–Trinajstić information content (AvgIpc) is 2.29. The van der Waals surface area contributed by atoms with Crippen molar-refractivity contribution in [3.8, 4) is 0 Å². The van der Waals surface area contributed by atoms with Crippen molar-refractivity contribution in [2.45, 2.75) is 32.5 Å². The van der Waals surface area contributed by atoms with Gasteiger partial charge in [-0.05, 0) is 6.07 Å². The number of aliphatic hydroxyl groups is 1. The van der Waals surface area contributed by atoms with E-state index in [4.69, 9.17) is 0 Å². The summed E-state index contributed by atoms with van der Waals surface area (Å²) >= 11 is 0. The van der Waals surface area contributed by atoms with E-state index in [0.717, 1.165) is 10.6 Å². The van der Waals surface area contributed by atoms with Gasteiger partial charge in [-0.1, -0.05) is 13.8 Å². The zero-order valence-corrected chi connectivity index (χ0v) is 10.4. The molecule has 100 valence electrons. The summed E-state index contributed by atoms with van der Waals surface area (Å²) in [5.74, 6) is 0. The molecule has 18 heavy (non-hydrogen) atoms. The quantitative estimate of drug-likeness (QED) is 0.555. The van der Waals surface area contributed by atoms with Gasteiger partial charge in [-0.2, -0.15) is 0 Å². The number of nitrogens with zero attached hydrogens (tertiary/aromatic N) is 2. The Morgan fingerprint density at radius 3 is 2.78 bits per heavy atom. The third-order valence-corrected chi connectivity index (χ3v) is 2.37. The SMILES string of the molecule is CC(C)NCC(O)Cn1cccc([N+](=O)[O-])c1=O. The molecule has 0 saturated heterocycles. The lowest BCUT2D eigenvalue weighted by Crippen LogP contribution is -2.36. The number of rotatable bonds is 6. The van der Waals surface area contributed by atoms with Crippen LogP contribution < -0.4 is 10.9 Å². The van der Waals surface area contributed by atoms with Crippen LogP contribution in [-0.4, -0.2) is 33.3 Å². The van der Waals surface area contributed by atoms with Crippen LogP contribution in [0.5, 0.6) is 0 Å². The lowest BCUT2D eigenvalue weighted by molar-refractivity contribution is -0.386. The second-order valence-electron chi connectivity index (χ2n) is 4.32. The first kappa shape index (κ1) is 14.3. The summed E-state index contributed by atoms with van der Waals surface area (Å²) in [6.45, 7) is 4.23. The van der Waals surface area contributed by atoms with E-state index in [1.807, 2.05) is 13.8 Å². The molecule has 1 unspecified atom stereocenters. The molecule has 0 bridgehead atoms. The maximum atomic E-state index is 11.7. The van der Waals surface area contributed by atoms with Gasteiger partial charge >= 0.3 is 11.2 Å². The molecule has 0 saturated carbocycles. The molecule has 1 rings (SSSR count). The smallest absolute Gasteiger partial charge is 0.334 e. The minimum Gasteiger partial charge on any atom is -0.390 e. The molecule has 0 amide bonds. The van der Waals surface area contributed by atoms with Gasteiger partial charge < -0.3 is 15.0 Å². The van der Waals surface area contributed by atoms with Gasteiger partial charge in [0.15, 0.2) is 0 Å². The topological polar surface area (TPSA) is 97.4 Å². The molecule has 0 aliphatic rings.